The van der Waals surface area contributed by atoms with Crippen LogP contribution in [-0.2, 0) is 6.54 Å². The van der Waals surface area contributed by atoms with Gasteiger partial charge in [0.15, 0.2) is 0 Å². The van der Waals surface area contributed by atoms with Crippen LogP contribution in [0, 0.1) is 3.57 Å². The molecule has 0 atom stereocenters. The van der Waals surface area contributed by atoms with E-state index in [-0.39, 0.29) is 5.91 Å². The number of hydrogen-bond donors (Lipinski definition) is 1. The smallest absolute Gasteiger partial charge is 0.251 e. The number of hydrogen-bond acceptors (Lipinski definition) is 2. The molecule has 0 aliphatic heterocycles. The van der Waals surface area contributed by atoms with E-state index < -0.39 is 0 Å². The van der Waals surface area contributed by atoms with Gasteiger partial charge in [0, 0.05) is 14.0 Å². The molecule has 1 aromatic carbocycles. The highest BCUT2D eigenvalue weighted by molar-refractivity contribution is 14.1. The quantitative estimate of drug-likeness (QED) is 0.807. The summed E-state index contributed by atoms with van der Waals surface area (Å²) in [5.41, 5.74) is 0.590. The Bertz CT molecular complexity index is 527. The van der Waals surface area contributed by atoms with E-state index in [2.05, 4.69) is 27.9 Å². The van der Waals surface area contributed by atoms with Crippen LogP contribution in [0.15, 0.2) is 35.7 Å². The van der Waals surface area contributed by atoms with Crippen LogP contribution in [0.2, 0.25) is 5.02 Å². The number of carbonyl (C=O) groups excluding carboxylic acids is 1. The van der Waals surface area contributed by atoms with Gasteiger partial charge in [0.25, 0.3) is 5.91 Å². The summed E-state index contributed by atoms with van der Waals surface area (Å²) >= 11 is 9.73. The summed E-state index contributed by atoms with van der Waals surface area (Å²) in [7, 11) is 0. The molecule has 1 aromatic heterocycles. The average molecular weight is 378 g/mol. The molecular formula is C12H9ClINOS. The van der Waals surface area contributed by atoms with Crippen molar-refractivity contribution in [2.75, 3.05) is 0 Å². The maximum Gasteiger partial charge on any atom is 0.251 e. The Kier molecular flexibility index (Phi) is 4.42. The summed E-state index contributed by atoms with van der Waals surface area (Å²) in [6.45, 7) is 0.556. The van der Waals surface area contributed by atoms with Crippen molar-refractivity contribution in [1.82, 2.24) is 5.32 Å². The second-order valence-corrected chi connectivity index (χ2v) is 5.99. The molecule has 88 valence electrons. The fourth-order valence-corrected chi connectivity index (χ4v) is 2.48. The van der Waals surface area contributed by atoms with Gasteiger partial charge in [-0.3, -0.25) is 4.79 Å². The lowest BCUT2D eigenvalue weighted by molar-refractivity contribution is 0.0951. The summed E-state index contributed by atoms with van der Waals surface area (Å²) in [6.07, 6.45) is 0. The molecule has 0 radical (unpaired) electrons. The molecule has 1 heterocycles. The third-order valence-electron chi connectivity index (χ3n) is 2.19. The molecule has 2 nitrogen and oxygen atoms in total. The van der Waals surface area contributed by atoms with E-state index >= 15 is 0 Å². The van der Waals surface area contributed by atoms with Crippen LogP contribution in [-0.4, -0.2) is 5.91 Å². The lowest BCUT2D eigenvalue weighted by Crippen LogP contribution is -2.22. The largest absolute Gasteiger partial charge is 0.347 e. The number of amides is 1. The Morgan fingerprint density at radius 2 is 2.24 bits per heavy atom. The van der Waals surface area contributed by atoms with Gasteiger partial charge < -0.3 is 5.32 Å². The topological polar surface area (TPSA) is 29.1 Å². The second kappa shape index (κ2) is 5.84. The third kappa shape index (κ3) is 3.43. The van der Waals surface area contributed by atoms with Crippen molar-refractivity contribution in [2.45, 2.75) is 6.54 Å². The van der Waals surface area contributed by atoms with Crippen molar-refractivity contribution in [3.05, 3.63) is 54.7 Å². The van der Waals surface area contributed by atoms with Crippen molar-refractivity contribution in [1.29, 1.82) is 0 Å². The summed E-state index contributed by atoms with van der Waals surface area (Å²) in [5, 5.41) is 5.45. The third-order valence-corrected chi connectivity index (χ3v) is 4.63. The van der Waals surface area contributed by atoms with Crippen LogP contribution < -0.4 is 5.32 Å². The van der Waals surface area contributed by atoms with Gasteiger partial charge in [-0.1, -0.05) is 17.7 Å². The average Bonchev–Trinajstić information content (AvgIpc) is 2.82. The molecule has 0 aliphatic rings. The molecule has 0 fully saturated rings. The molecular weight excluding hydrogens is 369 g/mol. The van der Waals surface area contributed by atoms with Crippen LogP contribution in [0.5, 0.6) is 0 Å². The summed E-state index contributed by atoms with van der Waals surface area (Å²) in [4.78, 5) is 13.0. The highest BCUT2D eigenvalue weighted by atomic mass is 127. The van der Waals surface area contributed by atoms with Crippen LogP contribution in [0.4, 0.5) is 0 Å². The first-order valence-corrected chi connectivity index (χ1v) is 7.26. The highest BCUT2D eigenvalue weighted by Crippen LogP contribution is 2.19. The van der Waals surface area contributed by atoms with Crippen molar-refractivity contribution in [2.24, 2.45) is 0 Å². The standard InChI is InChI=1S/C12H9ClINOS/c13-10-6-8(3-4-11(10)14)12(16)15-7-9-2-1-5-17-9/h1-6H,7H2,(H,15,16). The van der Waals surface area contributed by atoms with E-state index in [1.54, 1.807) is 23.5 Å². The van der Waals surface area contributed by atoms with E-state index in [1.165, 1.54) is 0 Å². The highest BCUT2D eigenvalue weighted by Gasteiger charge is 2.07. The SMILES string of the molecule is O=C(NCc1cccs1)c1ccc(I)c(Cl)c1. The zero-order valence-electron chi connectivity index (χ0n) is 8.74. The van der Waals surface area contributed by atoms with Crippen molar-refractivity contribution >= 4 is 51.4 Å². The Morgan fingerprint density at radius 3 is 2.88 bits per heavy atom. The zero-order chi connectivity index (χ0) is 12.3. The Balaban J connectivity index is 2.02. The molecule has 0 bridgehead atoms. The fraction of sp³-hybridized carbons (Fsp3) is 0.0833. The first-order valence-electron chi connectivity index (χ1n) is 4.92. The van der Waals surface area contributed by atoms with E-state index in [9.17, 15) is 4.79 Å². The number of benzene rings is 1. The normalized spacial score (nSPS) is 10.2. The first-order chi connectivity index (χ1) is 8.16. The van der Waals surface area contributed by atoms with Gasteiger partial charge >= 0.3 is 0 Å². The molecule has 1 amide bonds. The van der Waals surface area contributed by atoms with Crippen molar-refractivity contribution in [3.63, 3.8) is 0 Å². The van der Waals surface area contributed by atoms with Gasteiger partial charge in [-0.2, -0.15) is 0 Å². The Morgan fingerprint density at radius 1 is 1.41 bits per heavy atom. The van der Waals surface area contributed by atoms with Crippen LogP contribution in [0.1, 0.15) is 15.2 Å². The van der Waals surface area contributed by atoms with Gasteiger partial charge in [-0.05, 0) is 52.2 Å². The van der Waals surface area contributed by atoms with E-state index in [0.29, 0.717) is 17.1 Å². The lowest BCUT2D eigenvalue weighted by atomic mass is 10.2. The van der Waals surface area contributed by atoms with Gasteiger partial charge in [-0.25, -0.2) is 0 Å². The van der Waals surface area contributed by atoms with E-state index in [0.717, 1.165) is 8.45 Å². The molecule has 0 aliphatic carbocycles. The van der Waals surface area contributed by atoms with Gasteiger partial charge in [0.2, 0.25) is 0 Å². The maximum absolute atomic E-state index is 11.8. The number of halogens is 2. The molecule has 5 heteroatoms. The second-order valence-electron chi connectivity index (χ2n) is 3.39. The van der Waals surface area contributed by atoms with Crippen molar-refractivity contribution in [3.8, 4) is 0 Å². The van der Waals surface area contributed by atoms with Crippen LogP contribution in [0.3, 0.4) is 0 Å². The minimum atomic E-state index is -0.100. The molecule has 0 saturated carbocycles. The molecule has 0 unspecified atom stereocenters. The summed E-state index contributed by atoms with van der Waals surface area (Å²) in [6, 6.07) is 9.26. The number of rotatable bonds is 3. The maximum atomic E-state index is 11.8. The predicted molar refractivity (Wildman–Crippen MR) is 79.7 cm³/mol. The summed E-state index contributed by atoms with van der Waals surface area (Å²) in [5.74, 6) is -0.100. The predicted octanol–water partition coefficient (Wildman–Crippen LogP) is 3.94. The molecule has 2 aromatic rings. The number of carbonyl (C=O) groups is 1. The van der Waals surface area contributed by atoms with E-state index in [4.69, 9.17) is 11.6 Å². The Labute approximate surface area is 122 Å². The molecule has 1 N–H and O–H groups in total. The zero-order valence-corrected chi connectivity index (χ0v) is 12.5. The van der Waals surface area contributed by atoms with E-state index in [1.807, 2.05) is 23.6 Å². The molecule has 0 spiro atoms. The molecule has 0 saturated heterocycles. The van der Waals surface area contributed by atoms with Crippen LogP contribution in [0.25, 0.3) is 0 Å². The van der Waals surface area contributed by atoms with Gasteiger partial charge in [0.05, 0.1) is 11.6 Å². The Hall–Kier alpha value is -0.590. The number of thiophene rings is 1. The molecule has 2 rings (SSSR count). The van der Waals surface area contributed by atoms with Gasteiger partial charge in [-0.15, -0.1) is 11.3 Å². The van der Waals surface area contributed by atoms with Gasteiger partial charge in [0.1, 0.15) is 0 Å². The molecule has 17 heavy (non-hydrogen) atoms. The number of nitrogens with one attached hydrogen (secondary N) is 1. The summed E-state index contributed by atoms with van der Waals surface area (Å²) < 4.78 is 0.944. The minimum Gasteiger partial charge on any atom is -0.347 e. The van der Waals surface area contributed by atoms with Crippen LogP contribution >= 0.6 is 45.5 Å². The minimum absolute atomic E-state index is 0.100. The lowest BCUT2D eigenvalue weighted by Gasteiger charge is -2.04. The monoisotopic (exact) mass is 377 g/mol. The van der Waals surface area contributed by atoms with Crippen molar-refractivity contribution < 1.29 is 4.79 Å². The fourth-order valence-electron chi connectivity index (χ4n) is 1.32. The first kappa shape index (κ1) is 12.9.